The molecule has 0 N–H and O–H groups in total. The van der Waals surface area contributed by atoms with Gasteiger partial charge in [0.2, 0.25) is 0 Å². The lowest BCUT2D eigenvalue weighted by Gasteiger charge is -2.11. The third kappa shape index (κ3) is 4.24. The van der Waals surface area contributed by atoms with Crippen molar-refractivity contribution in [3.8, 4) is 34.0 Å². The molecule has 0 atom stereocenters. The molecule has 0 aliphatic heterocycles. The van der Waals surface area contributed by atoms with Crippen molar-refractivity contribution in [1.82, 2.24) is 15.2 Å². The van der Waals surface area contributed by atoms with Gasteiger partial charge in [-0.05, 0) is 54.1 Å². The Kier molecular flexibility index (Phi) is 5.47. The lowest BCUT2D eigenvalue weighted by molar-refractivity contribution is 0.414. The second-order valence-corrected chi connectivity index (χ2v) is 6.54. The second kappa shape index (κ2) is 8.52. The number of benzene rings is 3. The Bertz CT molecular complexity index is 1080. The van der Waals surface area contributed by atoms with E-state index in [1.165, 1.54) is 0 Å². The van der Waals surface area contributed by atoms with Crippen molar-refractivity contribution < 1.29 is 9.47 Å². The fraction of sp³-hybridized carbons (Fsp3) is 0.125. The Morgan fingerprint density at radius 1 is 0.621 bits per heavy atom. The van der Waals surface area contributed by atoms with E-state index >= 15 is 0 Å². The average Bonchev–Trinajstić information content (AvgIpc) is 2.80. The van der Waals surface area contributed by atoms with Crippen LogP contribution in [-0.4, -0.2) is 29.4 Å². The first-order chi connectivity index (χ1) is 14.3. The number of rotatable bonds is 6. The van der Waals surface area contributed by atoms with Crippen molar-refractivity contribution in [2.24, 2.45) is 0 Å². The topological polar surface area (TPSA) is 57.1 Å². The van der Waals surface area contributed by atoms with Crippen LogP contribution >= 0.6 is 0 Å². The zero-order chi connectivity index (χ0) is 20.1. The van der Waals surface area contributed by atoms with E-state index in [9.17, 15) is 0 Å². The monoisotopic (exact) mass is 383 g/mol. The van der Waals surface area contributed by atoms with Gasteiger partial charge in [0, 0.05) is 17.5 Å². The van der Waals surface area contributed by atoms with Crippen molar-refractivity contribution in [1.29, 1.82) is 0 Å². The molecule has 0 saturated carbocycles. The molecule has 1 heterocycles. The van der Waals surface area contributed by atoms with E-state index in [-0.39, 0.29) is 0 Å². The zero-order valence-corrected chi connectivity index (χ0v) is 16.4. The first-order valence-corrected chi connectivity index (χ1v) is 9.33. The largest absolute Gasteiger partial charge is 0.497 e. The van der Waals surface area contributed by atoms with Crippen LogP contribution in [0.2, 0.25) is 0 Å². The molecule has 29 heavy (non-hydrogen) atoms. The molecule has 0 fully saturated rings. The van der Waals surface area contributed by atoms with Crippen LogP contribution in [0.5, 0.6) is 11.5 Å². The number of hydrogen-bond donors (Lipinski definition) is 0. The second-order valence-electron chi connectivity index (χ2n) is 6.54. The van der Waals surface area contributed by atoms with E-state index < -0.39 is 0 Å². The van der Waals surface area contributed by atoms with Gasteiger partial charge in [-0.15, -0.1) is 10.2 Å². The molecule has 5 nitrogen and oxygen atoms in total. The molecule has 0 radical (unpaired) electrons. The summed E-state index contributed by atoms with van der Waals surface area (Å²) in [5.41, 5.74) is 4.56. The van der Waals surface area contributed by atoms with Gasteiger partial charge < -0.3 is 9.47 Å². The number of aromatic nitrogens is 3. The SMILES string of the molecule is COc1ccc(-c2nnc(Cc3ccccc3)nc2-c2ccc(OC)cc2)cc1. The van der Waals surface area contributed by atoms with Crippen LogP contribution in [0.1, 0.15) is 11.4 Å². The van der Waals surface area contributed by atoms with Crippen molar-refractivity contribution in [3.63, 3.8) is 0 Å². The maximum atomic E-state index is 5.29. The average molecular weight is 383 g/mol. The van der Waals surface area contributed by atoms with Gasteiger partial charge in [-0.3, -0.25) is 0 Å². The van der Waals surface area contributed by atoms with Crippen LogP contribution in [0.25, 0.3) is 22.5 Å². The molecule has 1 aromatic heterocycles. The van der Waals surface area contributed by atoms with E-state index in [2.05, 4.69) is 22.3 Å². The van der Waals surface area contributed by atoms with Gasteiger partial charge in [-0.25, -0.2) is 4.98 Å². The summed E-state index contributed by atoms with van der Waals surface area (Å²) in [5, 5.41) is 8.93. The van der Waals surface area contributed by atoms with Crippen LogP contribution < -0.4 is 9.47 Å². The highest BCUT2D eigenvalue weighted by atomic mass is 16.5. The molecule has 0 unspecified atom stereocenters. The molecule has 5 heteroatoms. The first kappa shape index (κ1) is 18.6. The van der Waals surface area contributed by atoms with Crippen molar-refractivity contribution in [2.75, 3.05) is 14.2 Å². The number of ether oxygens (including phenoxy) is 2. The van der Waals surface area contributed by atoms with E-state index in [0.717, 1.165) is 39.6 Å². The van der Waals surface area contributed by atoms with E-state index in [1.807, 2.05) is 66.7 Å². The molecule has 3 aromatic carbocycles. The lowest BCUT2D eigenvalue weighted by Crippen LogP contribution is -2.04. The van der Waals surface area contributed by atoms with Gasteiger partial charge in [0.15, 0.2) is 5.82 Å². The highest BCUT2D eigenvalue weighted by molar-refractivity contribution is 5.77. The first-order valence-electron chi connectivity index (χ1n) is 9.33. The van der Waals surface area contributed by atoms with Crippen molar-refractivity contribution >= 4 is 0 Å². The molecule has 0 aliphatic rings. The van der Waals surface area contributed by atoms with E-state index in [0.29, 0.717) is 12.2 Å². The minimum atomic E-state index is 0.625. The van der Waals surface area contributed by atoms with Crippen LogP contribution in [-0.2, 0) is 6.42 Å². The Morgan fingerprint density at radius 3 is 1.72 bits per heavy atom. The number of methoxy groups -OCH3 is 2. The normalized spacial score (nSPS) is 10.6. The highest BCUT2D eigenvalue weighted by Gasteiger charge is 2.14. The summed E-state index contributed by atoms with van der Waals surface area (Å²) in [5.74, 6) is 2.27. The summed E-state index contributed by atoms with van der Waals surface area (Å²) >= 11 is 0. The van der Waals surface area contributed by atoms with Crippen LogP contribution in [0, 0.1) is 0 Å². The molecular weight excluding hydrogens is 362 g/mol. The molecule has 0 amide bonds. The fourth-order valence-electron chi connectivity index (χ4n) is 3.11. The summed E-state index contributed by atoms with van der Waals surface area (Å²) in [6.45, 7) is 0. The maximum Gasteiger partial charge on any atom is 0.156 e. The Balaban J connectivity index is 1.78. The summed E-state index contributed by atoms with van der Waals surface area (Å²) in [6, 6.07) is 25.7. The van der Waals surface area contributed by atoms with Crippen LogP contribution in [0.3, 0.4) is 0 Å². The molecule has 0 aliphatic carbocycles. The standard InChI is InChI=1S/C24H21N3O2/c1-28-20-12-8-18(9-13-20)23-24(19-10-14-21(29-2)15-11-19)27-26-22(25-23)16-17-6-4-3-5-7-17/h3-15H,16H2,1-2H3. The van der Waals surface area contributed by atoms with Gasteiger partial charge in [0.25, 0.3) is 0 Å². The molecule has 0 saturated heterocycles. The fourth-order valence-corrected chi connectivity index (χ4v) is 3.11. The summed E-state index contributed by atoms with van der Waals surface area (Å²) in [4.78, 5) is 4.87. The Morgan fingerprint density at radius 2 is 1.17 bits per heavy atom. The quantitative estimate of drug-likeness (QED) is 0.478. The van der Waals surface area contributed by atoms with E-state index in [1.54, 1.807) is 14.2 Å². The summed E-state index contributed by atoms with van der Waals surface area (Å²) in [7, 11) is 3.31. The molecule has 0 bridgehead atoms. The minimum absolute atomic E-state index is 0.625. The zero-order valence-electron chi connectivity index (χ0n) is 16.4. The molecule has 144 valence electrons. The Labute approximate surface area is 170 Å². The molecule has 0 spiro atoms. The van der Waals surface area contributed by atoms with Gasteiger partial charge in [0.05, 0.1) is 14.2 Å². The summed E-state index contributed by atoms with van der Waals surface area (Å²) < 4.78 is 10.6. The smallest absolute Gasteiger partial charge is 0.156 e. The van der Waals surface area contributed by atoms with Gasteiger partial charge in [0.1, 0.15) is 22.9 Å². The minimum Gasteiger partial charge on any atom is -0.497 e. The van der Waals surface area contributed by atoms with Crippen LogP contribution in [0.15, 0.2) is 78.9 Å². The number of hydrogen-bond acceptors (Lipinski definition) is 5. The third-order valence-electron chi connectivity index (χ3n) is 4.66. The Hall–Kier alpha value is -3.73. The third-order valence-corrected chi connectivity index (χ3v) is 4.66. The van der Waals surface area contributed by atoms with Crippen molar-refractivity contribution in [3.05, 3.63) is 90.3 Å². The van der Waals surface area contributed by atoms with Gasteiger partial charge in [-0.1, -0.05) is 30.3 Å². The van der Waals surface area contributed by atoms with E-state index in [4.69, 9.17) is 14.5 Å². The predicted octanol–water partition coefficient (Wildman–Crippen LogP) is 4.81. The van der Waals surface area contributed by atoms with Gasteiger partial charge in [-0.2, -0.15) is 0 Å². The molecule has 4 aromatic rings. The predicted molar refractivity (Wildman–Crippen MR) is 113 cm³/mol. The highest BCUT2D eigenvalue weighted by Crippen LogP contribution is 2.30. The van der Waals surface area contributed by atoms with Gasteiger partial charge >= 0.3 is 0 Å². The summed E-state index contributed by atoms with van der Waals surface area (Å²) in [6.07, 6.45) is 0.625. The molecule has 4 rings (SSSR count). The number of nitrogens with zero attached hydrogens (tertiary/aromatic N) is 3. The van der Waals surface area contributed by atoms with Crippen LogP contribution in [0.4, 0.5) is 0 Å². The lowest BCUT2D eigenvalue weighted by atomic mass is 10.0. The van der Waals surface area contributed by atoms with Crippen molar-refractivity contribution in [2.45, 2.75) is 6.42 Å². The maximum absolute atomic E-state index is 5.29. The molecular formula is C24H21N3O2.